The van der Waals surface area contributed by atoms with Crippen molar-refractivity contribution in [1.82, 2.24) is 0 Å². The second-order valence-corrected chi connectivity index (χ2v) is 4.39. The average Bonchev–Trinajstić information content (AvgIpc) is 2.07. The number of halogens is 5. The summed E-state index contributed by atoms with van der Waals surface area (Å²) in [4.78, 5) is 0. The van der Waals surface area contributed by atoms with Crippen LogP contribution in [0.15, 0.2) is 22.7 Å². The number of hydrogen-bond donors (Lipinski definition) is 0. The van der Waals surface area contributed by atoms with Gasteiger partial charge in [-0.25, -0.2) is 0 Å². The van der Waals surface area contributed by atoms with Gasteiger partial charge in [-0.05, 0) is 24.1 Å². The molecule has 0 nitrogen and oxygen atoms in total. The van der Waals surface area contributed by atoms with Gasteiger partial charge in [0.25, 0.3) is 0 Å². The van der Waals surface area contributed by atoms with E-state index in [1.807, 2.05) is 0 Å². The van der Waals surface area contributed by atoms with Gasteiger partial charge in [0.1, 0.15) is 0 Å². The van der Waals surface area contributed by atoms with Gasteiger partial charge in [-0.3, -0.25) is 0 Å². The zero-order valence-corrected chi connectivity index (χ0v) is 10.2. The van der Waals surface area contributed by atoms with Crippen LogP contribution in [0, 0.1) is 0 Å². The van der Waals surface area contributed by atoms with E-state index >= 15 is 0 Å². The minimum absolute atomic E-state index is 0.506. The number of rotatable bonds is 2. The number of hydrogen-bond acceptors (Lipinski definition) is 0. The number of benzene rings is 1. The molecule has 0 amide bonds. The monoisotopic (exact) mass is 330 g/mol. The maximum absolute atomic E-state index is 12.3. The van der Waals surface area contributed by atoms with Gasteiger partial charge in [0, 0.05) is 9.80 Å². The summed E-state index contributed by atoms with van der Waals surface area (Å²) in [6.45, 7) is 0. The molecule has 0 fully saturated rings. The van der Waals surface area contributed by atoms with Crippen molar-refractivity contribution in [3.63, 3.8) is 0 Å². The Balaban J connectivity index is 3.01. The van der Waals surface area contributed by atoms with Gasteiger partial charge in [0.2, 0.25) is 0 Å². The molecule has 0 saturated carbocycles. The summed E-state index contributed by atoms with van der Waals surface area (Å²) in [5, 5.41) is 0.733. The van der Waals surface area contributed by atoms with E-state index in [9.17, 15) is 13.2 Å². The lowest BCUT2D eigenvalue weighted by Gasteiger charge is -2.09. The first-order chi connectivity index (χ1) is 6.45. The first-order valence-corrected chi connectivity index (χ1v) is 5.78. The lowest BCUT2D eigenvalue weighted by molar-refractivity contribution is -0.137. The molecule has 0 aliphatic heterocycles. The number of aryl methyl sites for hydroxylation is 1. The largest absolute Gasteiger partial charge is 0.416 e. The molecule has 0 aliphatic rings. The molecular weight excluding hydrogens is 325 g/mol. The highest BCUT2D eigenvalue weighted by atomic mass is 79.9. The third-order valence-electron chi connectivity index (χ3n) is 1.74. The molecule has 1 rings (SSSR count). The fraction of sp³-hybridized carbons (Fsp3) is 0.333. The molecule has 0 aromatic heterocycles. The second-order valence-electron chi connectivity index (χ2n) is 2.74. The van der Waals surface area contributed by atoms with E-state index in [0.717, 1.165) is 23.0 Å². The van der Waals surface area contributed by atoms with Gasteiger partial charge in [-0.1, -0.05) is 37.9 Å². The van der Waals surface area contributed by atoms with E-state index in [-0.39, 0.29) is 0 Å². The topological polar surface area (TPSA) is 0 Å². The summed E-state index contributed by atoms with van der Waals surface area (Å²) in [6.07, 6.45) is -3.56. The fourth-order valence-corrected chi connectivity index (χ4v) is 2.03. The van der Waals surface area contributed by atoms with Gasteiger partial charge in [-0.15, -0.1) is 0 Å². The SMILES string of the molecule is FC(F)(F)c1ccc(CCBr)c(Br)c1. The fourth-order valence-electron chi connectivity index (χ4n) is 1.03. The van der Waals surface area contributed by atoms with E-state index in [4.69, 9.17) is 0 Å². The highest BCUT2D eigenvalue weighted by molar-refractivity contribution is 9.10. The Labute approximate surface area is 96.8 Å². The normalized spacial score (nSPS) is 11.8. The predicted octanol–water partition coefficient (Wildman–Crippen LogP) is 4.41. The van der Waals surface area contributed by atoms with Crippen LogP contribution < -0.4 is 0 Å². The van der Waals surface area contributed by atoms with Crippen LogP contribution >= 0.6 is 31.9 Å². The van der Waals surface area contributed by atoms with Gasteiger partial charge < -0.3 is 0 Å². The molecule has 0 spiro atoms. The van der Waals surface area contributed by atoms with E-state index in [0.29, 0.717) is 10.9 Å². The Morgan fingerprint density at radius 2 is 1.86 bits per heavy atom. The summed E-state index contributed by atoms with van der Waals surface area (Å²) in [5.74, 6) is 0. The standard InChI is InChI=1S/C9H7Br2F3/c10-4-3-6-1-2-7(5-8(6)11)9(12,13)14/h1-2,5H,3-4H2. The molecule has 0 N–H and O–H groups in total. The highest BCUT2D eigenvalue weighted by Crippen LogP contribution is 2.32. The molecule has 0 atom stereocenters. The smallest absolute Gasteiger partial charge is 0.166 e. The predicted molar refractivity (Wildman–Crippen MR) is 56.6 cm³/mol. The molecular formula is C9H7Br2F3. The van der Waals surface area contributed by atoms with Crippen LogP contribution in [0.4, 0.5) is 13.2 Å². The Hall–Kier alpha value is -0.0300. The highest BCUT2D eigenvalue weighted by Gasteiger charge is 2.30. The van der Waals surface area contributed by atoms with Crippen molar-refractivity contribution in [3.05, 3.63) is 33.8 Å². The first kappa shape index (κ1) is 12.0. The molecule has 0 heterocycles. The Bertz CT molecular complexity index is 320. The maximum Gasteiger partial charge on any atom is 0.416 e. The Kier molecular flexibility index (Phi) is 4.01. The summed E-state index contributed by atoms with van der Waals surface area (Å²) < 4.78 is 37.3. The molecule has 0 radical (unpaired) electrons. The molecule has 78 valence electrons. The van der Waals surface area contributed by atoms with Crippen LogP contribution in [0.25, 0.3) is 0 Å². The summed E-state index contributed by atoms with van der Waals surface area (Å²) >= 11 is 6.35. The van der Waals surface area contributed by atoms with Crippen LogP contribution in [0.5, 0.6) is 0 Å². The zero-order valence-electron chi connectivity index (χ0n) is 7.04. The van der Waals surface area contributed by atoms with Gasteiger partial charge in [-0.2, -0.15) is 13.2 Å². The average molecular weight is 332 g/mol. The van der Waals surface area contributed by atoms with Crippen molar-refractivity contribution < 1.29 is 13.2 Å². The van der Waals surface area contributed by atoms with Gasteiger partial charge >= 0.3 is 6.18 Å². The minimum Gasteiger partial charge on any atom is -0.166 e. The third kappa shape index (κ3) is 2.98. The lowest BCUT2D eigenvalue weighted by atomic mass is 10.1. The van der Waals surface area contributed by atoms with Gasteiger partial charge in [0.15, 0.2) is 0 Å². The van der Waals surface area contributed by atoms with E-state index in [1.54, 1.807) is 0 Å². The molecule has 0 saturated heterocycles. The molecule has 1 aromatic carbocycles. The van der Waals surface area contributed by atoms with E-state index in [2.05, 4.69) is 31.9 Å². The van der Waals surface area contributed by atoms with Crippen LogP contribution in [-0.2, 0) is 12.6 Å². The molecule has 0 aliphatic carbocycles. The quantitative estimate of drug-likeness (QED) is 0.704. The van der Waals surface area contributed by atoms with Crippen molar-refractivity contribution in [2.75, 3.05) is 5.33 Å². The molecule has 5 heteroatoms. The Morgan fingerprint density at radius 1 is 1.21 bits per heavy atom. The first-order valence-electron chi connectivity index (χ1n) is 3.86. The Morgan fingerprint density at radius 3 is 2.29 bits per heavy atom. The lowest BCUT2D eigenvalue weighted by Crippen LogP contribution is -2.05. The summed E-state index contributed by atoms with van der Waals surface area (Å²) in [5.41, 5.74) is 0.248. The number of alkyl halides is 4. The van der Waals surface area contributed by atoms with Crippen LogP contribution in [-0.4, -0.2) is 5.33 Å². The van der Waals surface area contributed by atoms with Crippen molar-refractivity contribution in [3.8, 4) is 0 Å². The van der Waals surface area contributed by atoms with E-state index < -0.39 is 11.7 Å². The van der Waals surface area contributed by atoms with Crippen molar-refractivity contribution in [2.45, 2.75) is 12.6 Å². The molecule has 0 bridgehead atoms. The van der Waals surface area contributed by atoms with Crippen LogP contribution in [0.3, 0.4) is 0 Å². The summed E-state index contributed by atoms with van der Waals surface area (Å²) in [7, 11) is 0. The van der Waals surface area contributed by atoms with E-state index in [1.165, 1.54) is 6.07 Å². The van der Waals surface area contributed by atoms with Crippen molar-refractivity contribution in [2.24, 2.45) is 0 Å². The minimum atomic E-state index is -4.27. The molecule has 0 unspecified atom stereocenters. The maximum atomic E-state index is 12.3. The second kappa shape index (κ2) is 4.66. The molecule has 1 aromatic rings. The third-order valence-corrected chi connectivity index (χ3v) is 2.88. The summed E-state index contributed by atoms with van der Waals surface area (Å²) in [6, 6.07) is 3.70. The zero-order chi connectivity index (χ0) is 10.8. The van der Waals surface area contributed by atoms with Crippen LogP contribution in [0.1, 0.15) is 11.1 Å². The molecule has 14 heavy (non-hydrogen) atoms. The van der Waals surface area contributed by atoms with Crippen LogP contribution in [0.2, 0.25) is 0 Å². The van der Waals surface area contributed by atoms with Gasteiger partial charge in [0.05, 0.1) is 5.56 Å². The van der Waals surface area contributed by atoms with Crippen molar-refractivity contribution >= 4 is 31.9 Å². The van der Waals surface area contributed by atoms with Crippen molar-refractivity contribution in [1.29, 1.82) is 0 Å².